The number of likely N-dealkylation sites (tertiary alicyclic amines) is 1. The summed E-state index contributed by atoms with van der Waals surface area (Å²) in [7, 11) is 0. The Bertz CT molecular complexity index is 1090. The van der Waals surface area contributed by atoms with Crippen LogP contribution in [-0.4, -0.2) is 41.4 Å². The number of carbonyl (C=O) groups is 2. The third-order valence-corrected chi connectivity index (χ3v) is 5.93. The van der Waals surface area contributed by atoms with Gasteiger partial charge >= 0.3 is 6.61 Å². The molecule has 1 aliphatic rings. The number of rotatable bonds is 9. The quantitative estimate of drug-likeness (QED) is 0.544. The number of anilines is 1. The van der Waals surface area contributed by atoms with Crippen molar-refractivity contribution in [1.82, 2.24) is 9.88 Å². The van der Waals surface area contributed by atoms with Crippen molar-refractivity contribution in [3.05, 3.63) is 53.2 Å². The summed E-state index contributed by atoms with van der Waals surface area (Å²) in [4.78, 5) is 31.9. The zero-order chi connectivity index (χ0) is 24.9. The number of halogens is 2. The molecule has 0 saturated carbocycles. The third kappa shape index (κ3) is 5.33. The molecule has 180 valence electrons. The first-order valence-electron chi connectivity index (χ1n) is 11.2. The Morgan fingerprint density at radius 2 is 1.94 bits per heavy atom. The second kappa shape index (κ2) is 10.6. The number of nitriles is 1. The number of hydrogen-bond acceptors (Lipinski definition) is 5. The van der Waals surface area contributed by atoms with E-state index >= 15 is 0 Å². The molecular weight excluding hydrogens is 442 g/mol. The second-order valence-electron chi connectivity index (χ2n) is 8.72. The molecular formula is C25H28F2N4O3. The maximum atomic E-state index is 13.7. The van der Waals surface area contributed by atoms with Crippen LogP contribution < -0.4 is 10.1 Å². The van der Waals surface area contributed by atoms with Gasteiger partial charge in [-0.05, 0) is 42.5 Å². The summed E-state index contributed by atoms with van der Waals surface area (Å²) in [6, 6.07) is 12.6. The van der Waals surface area contributed by atoms with Crippen LogP contribution in [0.1, 0.15) is 55.8 Å². The molecule has 34 heavy (non-hydrogen) atoms. The number of carbonyl (C=O) groups excluding carboxylic acids is 2. The van der Waals surface area contributed by atoms with Crippen LogP contribution >= 0.6 is 0 Å². The summed E-state index contributed by atoms with van der Waals surface area (Å²) in [5.41, 5.74) is 1.21. The molecule has 2 amide bonds. The van der Waals surface area contributed by atoms with Crippen molar-refractivity contribution in [2.45, 2.75) is 58.0 Å². The smallest absolute Gasteiger partial charge is 0.388 e. The van der Waals surface area contributed by atoms with E-state index in [0.717, 1.165) is 11.1 Å². The standard InChI is InChI=1S/C25H28F2N4O3/c1-16(2)18-8-4-5-9-19(18)25(14-31(15-25)21(32)10-6-7-13-28)23(33)30-20-12-11-17(3)29-22(20)34-24(26)27/h4-5,8-9,11-12,16,24H,6-7,10,14-15H2,1-3H3,(H,30,33). The van der Waals surface area contributed by atoms with Gasteiger partial charge in [-0.15, -0.1) is 0 Å². The van der Waals surface area contributed by atoms with Gasteiger partial charge in [-0.1, -0.05) is 38.1 Å². The minimum Gasteiger partial charge on any atom is -0.415 e. The zero-order valence-electron chi connectivity index (χ0n) is 19.5. The SMILES string of the molecule is Cc1ccc(NC(=O)C2(c3ccccc3C(C)C)CN(C(=O)CCCC#N)C2)c(OC(F)F)n1. The van der Waals surface area contributed by atoms with E-state index in [-0.39, 0.29) is 49.3 Å². The zero-order valence-corrected chi connectivity index (χ0v) is 19.5. The molecule has 0 spiro atoms. The second-order valence-corrected chi connectivity index (χ2v) is 8.72. The Kier molecular flexibility index (Phi) is 7.82. The van der Waals surface area contributed by atoms with Gasteiger partial charge in [0.25, 0.3) is 0 Å². The van der Waals surface area contributed by atoms with Crippen LogP contribution in [0.3, 0.4) is 0 Å². The Balaban J connectivity index is 1.93. The highest BCUT2D eigenvalue weighted by Gasteiger charge is 2.53. The Morgan fingerprint density at radius 1 is 1.24 bits per heavy atom. The number of ether oxygens (including phenoxy) is 1. The predicted octanol–water partition coefficient (Wildman–Crippen LogP) is 4.53. The predicted molar refractivity (Wildman–Crippen MR) is 122 cm³/mol. The topological polar surface area (TPSA) is 95.3 Å². The van der Waals surface area contributed by atoms with Crippen LogP contribution in [0.5, 0.6) is 5.88 Å². The van der Waals surface area contributed by atoms with Crippen molar-refractivity contribution in [2.24, 2.45) is 0 Å². The van der Waals surface area contributed by atoms with E-state index in [9.17, 15) is 18.4 Å². The first-order chi connectivity index (χ1) is 16.2. The number of nitrogens with zero attached hydrogens (tertiary/aromatic N) is 3. The Labute approximate surface area is 197 Å². The number of pyridine rings is 1. The highest BCUT2D eigenvalue weighted by atomic mass is 19.3. The molecule has 0 radical (unpaired) electrons. The van der Waals surface area contributed by atoms with Crippen LogP contribution in [0.4, 0.5) is 14.5 Å². The molecule has 2 aromatic rings. The molecule has 9 heteroatoms. The van der Waals surface area contributed by atoms with Crippen LogP contribution in [0.25, 0.3) is 0 Å². The Morgan fingerprint density at radius 3 is 2.59 bits per heavy atom. The molecule has 0 bridgehead atoms. The fraction of sp³-hybridized carbons (Fsp3) is 0.440. The Hall–Kier alpha value is -3.54. The van der Waals surface area contributed by atoms with Crippen molar-refractivity contribution >= 4 is 17.5 Å². The van der Waals surface area contributed by atoms with Crippen LogP contribution in [0.15, 0.2) is 36.4 Å². The first-order valence-corrected chi connectivity index (χ1v) is 11.2. The van der Waals surface area contributed by atoms with E-state index in [1.54, 1.807) is 17.9 Å². The van der Waals surface area contributed by atoms with E-state index in [2.05, 4.69) is 15.0 Å². The molecule has 1 aliphatic heterocycles. The summed E-state index contributed by atoms with van der Waals surface area (Å²) in [6.07, 6.45) is 0.969. The van der Waals surface area contributed by atoms with E-state index < -0.39 is 17.9 Å². The summed E-state index contributed by atoms with van der Waals surface area (Å²) in [6.45, 7) is 2.88. The first kappa shape index (κ1) is 25.1. The third-order valence-electron chi connectivity index (χ3n) is 5.93. The highest BCUT2D eigenvalue weighted by Crippen LogP contribution is 2.41. The summed E-state index contributed by atoms with van der Waals surface area (Å²) < 4.78 is 30.4. The van der Waals surface area contributed by atoms with Gasteiger partial charge in [0.05, 0.1) is 6.07 Å². The monoisotopic (exact) mass is 470 g/mol. The van der Waals surface area contributed by atoms with Crippen LogP contribution in [0, 0.1) is 18.3 Å². The van der Waals surface area contributed by atoms with Crippen molar-refractivity contribution < 1.29 is 23.1 Å². The molecule has 0 atom stereocenters. The molecule has 1 fully saturated rings. The summed E-state index contributed by atoms with van der Waals surface area (Å²) in [5, 5.41) is 11.4. The lowest BCUT2D eigenvalue weighted by Gasteiger charge is -2.50. The van der Waals surface area contributed by atoms with E-state index in [1.165, 1.54) is 6.07 Å². The van der Waals surface area contributed by atoms with Crippen molar-refractivity contribution in [3.63, 3.8) is 0 Å². The van der Waals surface area contributed by atoms with E-state index in [0.29, 0.717) is 12.1 Å². The van der Waals surface area contributed by atoms with Gasteiger partial charge in [0, 0.05) is 31.6 Å². The lowest BCUT2D eigenvalue weighted by molar-refractivity contribution is -0.144. The number of aromatic nitrogens is 1. The summed E-state index contributed by atoms with van der Waals surface area (Å²) >= 11 is 0. The van der Waals surface area contributed by atoms with Gasteiger partial charge in [0.2, 0.25) is 17.7 Å². The molecule has 1 saturated heterocycles. The fourth-order valence-corrected chi connectivity index (χ4v) is 4.18. The van der Waals surface area contributed by atoms with Crippen molar-refractivity contribution in [3.8, 4) is 11.9 Å². The fourth-order valence-electron chi connectivity index (χ4n) is 4.18. The van der Waals surface area contributed by atoms with Crippen molar-refractivity contribution in [1.29, 1.82) is 5.26 Å². The molecule has 2 heterocycles. The van der Waals surface area contributed by atoms with Gasteiger partial charge in [-0.25, -0.2) is 4.98 Å². The normalized spacial score (nSPS) is 14.5. The van der Waals surface area contributed by atoms with Crippen molar-refractivity contribution in [2.75, 3.05) is 18.4 Å². The number of hydrogen-bond donors (Lipinski definition) is 1. The molecule has 1 aromatic heterocycles. The van der Waals surface area contributed by atoms with Crippen LogP contribution in [0.2, 0.25) is 0 Å². The number of nitrogens with one attached hydrogen (secondary N) is 1. The van der Waals surface area contributed by atoms with Gasteiger partial charge in [-0.3, -0.25) is 9.59 Å². The van der Waals surface area contributed by atoms with Crippen LogP contribution in [-0.2, 0) is 15.0 Å². The maximum absolute atomic E-state index is 13.7. The molecule has 1 aromatic carbocycles. The van der Waals surface area contributed by atoms with Gasteiger partial charge in [0.15, 0.2) is 0 Å². The number of alkyl halides is 2. The highest BCUT2D eigenvalue weighted by molar-refractivity contribution is 6.02. The largest absolute Gasteiger partial charge is 0.415 e. The molecule has 3 rings (SSSR count). The number of benzene rings is 1. The number of aryl methyl sites for hydroxylation is 1. The minimum absolute atomic E-state index is 0.0381. The molecule has 0 aliphatic carbocycles. The van der Waals surface area contributed by atoms with E-state index in [4.69, 9.17) is 5.26 Å². The molecule has 0 unspecified atom stereocenters. The lowest BCUT2D eigenvalue weighted by Crippen LogP contribution is -2.66. The lowest BCUT2D eigenvalue weighted by atomic mass is 9.69. The average Bonchev–Trinajstić information content (AvgIpc) is 2.75. The minimum atomic E-state index is -3.09. The van der Waals surface area contributed by atoms with Gasteiger partial charge in [0.1, 0.15) is 11.1 Å². The van der Waals surface area contributed by atoms with Gasteiger partial charge < -0.3 is 15.0 Å². The summed E-state index contributed by atoms with van der Waals surface area (Å²) in [5.74, 6) is -0.787. The van der Waals surface area contributed by atoms with E-state index in [1.807, 2.05) is 44.2 Å². The van der Waals surface area contributed by atoms with Gasteiger partial charge in [-0.2, -0.15) is 14.0 Å². The molecule has 1 N–H and O–H groups in total. The molecule has 7 nitrogen and oxygen atoms in total. The maximum Gasteiger partial charge on any atom is 0.388 e. The average molecular weight is 471 g/mol. The number of amides is 2. The number of unbranched alkanes of at least 4 members (excludes halogenated alkanes) is 1.